The van der Waals surface area contributed by atoms with E-state index in [4.69, 9.17) is 33.4 Å². The first-order valence-corrected chi connectivity index (χ1v) is 31.2. The topological polar surface area (TPSA) is 248 Å². The van der Waals surface area contributed by atoms with Gasteiger partial charge in [0.15, 0.2) is 24.3 Å². The van der Waals surface area contributed by atoms with Gasteiger partial charge in [-0.25, -0.2) is 0 Å². The van der Waals surface area contributed by atoms with E-state index in [1.54, 1.807) is 24.3 Å². The number of carboxylic acids is 1. The summed E-state index contributed by atoms with van der Waals surface area (Å²) in [5.41, 5.74) is 0.847. The summed E-state index contributed by atoms with van der Waals surface area (Å²) in [5.74, 6) is -2.03. The Balaban J connectivity index is 0.00000203. The van der Waals surface area contributed by atoms with Crippen molar-refractivity contribution in [2.45, 2.75) is 173 Å². The van der Waals surface area contributed by atoms with E-state index >= 15 is 4.79 Å². The Kier molecular flexibility index (Phi) is 20.9. The average molecular weight is 1130 g/mol. The van der Waals surface area contributed by atoms with Crippen LogP contribution in [-0.2, 0) is 55.7 Å². The van der Waals surface area contributed by atoms with Crippen LogP contribution in [0.25, 0.3) is 0 Å². The Morgan fingerprint density at radius 3 is 2.36 bits per heavy atom. The molecule has 7 aliphatic rings. The normalized spacial score (nSPS) is 32.9. The molecule has 18 heteroatoms. The molecule has 0 radical (unpaired) electrons. The van der Waals surface area contributed by atoms with Crippen molar-refractivity contribution in [3.8, 4) is 5.75 Å². The van der Waals surface area contributed by atoms with Gasteiger partial charge in [-0.1, -0.05) is 94.0 Å². The number of nitrogens with zero attached hydrogens (tertiary/aromatic N) is 1. The predicted molar refractivity (Wildman–Crippen MR) is 297 cm³/mol. The van der Waals surface area contributed by atoms with Crippen molar-refractivity contribution >= 4 is 31.3 Å². The number of ether oxygens (including phenoxy) is 4. The number of esters is 1. The van der Waals surface area contributed by atoms with E-state index in [0.717, 1.165) is 122 Å². The monoisotopic (exact) mass is 1130 g/mol. The van der Waals surface area contributed by atoms with Crippen LogP contribution >= 0.6 is 7.82 Å². The zero-order valence-corrected chi connectivity index (χ0v) is 48.5. The minimum atomic E-state index is -5.15. The zero-order valence-electron chi connectivity index (χ0n) is 47.6. The maximum Gasteiger partial charge on any atom is 0.317 e. The smallest absolute Gasteiger partial charge is 0.317 e. The fraction of sp³-hybridized carbons (Fsp3) is 0.677. The van der Waals surface area contributed by atoms with Crippen molar-refractivity contribution in [1.82, 2.24) is 5.32 Å². The van der Waals surface area contributed by atoms with Crippen molar-refractivity contribution in [1.29, 1.82) is 0 Å². The summed E-state index contributed by atoms with van der Waals surface area (Å²) in [5, 5.41) is 34.2. The van der Waals surface area contributed by atoms with Gasteiger partial charge >= 0.3 is 13.8 Å². The Morgan fingerprint density at radius 2 is 1.65 bits per heavy atom. The molecule has 2 aromatic rings. The van der Waals surface area contributed by atoms with Gasteiger partial charge in [0.05, 0.1) is 44.4 Å². The fourth-order valence-electron chi connectivity index (χ4n) is 15.2. The van der Waals surface area contributed by atoms with Gasteiger partial charge in [-0.15, -0.1) is 0 Å². The highest BCUT2D eigenvalue weighted by Gasteiger charge is 2.76. The van der Waals surface area contributed by atoms with Gasteiger partial charge in [0.1, 0.15) is 12.3 Å². The number of aryl methyl sites for hydroxylation is 1. The lowest BCUT2D eigenvalue weighted by atomic mass is 9.46. The first-order chi connectivity index (χ1) is 38.1. The largest absolute Gasteiger partial charge is 0.746 e. The van der Waals surface area contributed by atoms with E-state index in [0.29, 0.717) is 67.5 Å². The van der Waals surface area contributed by atoms with E-state index < -0.39 is 73.3 Å². The van der Waals surface area contributed by atoms with Gasteiger partial charge in [-0.3, -0.25) is 23.7 Å². The Morgan fingerprint density at radius 1 is 0.950 bits per heavy atom. The number of carboxylic acid groups (broad SMARTS) is 1. The highest BCUT2D eigenvalue weighted by Crippen LogP contribution is 2.70. The summed E-state index contributed by atoms with van der Waals surface area (Å²) >= 11 is 0. The number of ketones is 2. The molecule has 80 heavy (non-hydrogen) atoms. The number of quaternary nitrogens is 1. The van der Waals surface area contributed by atoms with Crippen molar-refractivity contribution in [3.63, 3.8) is 0 Å². The Hall–Kier alpha value is -4.13. The molecule has 6 unspecified atom stereocenters. The quantitative estimate of drug-likeness (QED) is 0.0287. The van der Waals surface area contributed by atoms with Crippen molar-refractivity contribution in [2.24, 2.45) is 40.4 Å². The lowest BCUT2D eigenvalue weighted by molar-refractivity contribution is -0.927. The molecule has 5 aliphatic carbocycles. The molecule has 5 N–H and O–H groups in total. The molecule has 2 aromatic carbocycles. The molecule has 0 aromatic heterocycles. The standard InChI is InChI=1S/C60H85N2O13P.C2H4O2/c1-58-28-25-47(63)35-46(58)22-23-48-49-36-54-60(59(49,2)37-50(64)55(48)58,74-57(73-54)43-19-10-7-11-20-43)53(66)40-72-56(67)42-26-30-62(3,31-27-42)39-45-34-44(21-24-52(45)75-76(68,69)70)51(65)38-61-29-13-4-5-14-32-71-33-15-12-18-41-16-8-6-9-17-41;1-2(3)4/h6,8-9,16-17,21,24-25,28,34-35,42-43,48-51,54-55,57,61,64-65H,4-5,7,10-15,18-20,22-23,26-27,29-33,36-40H2,1-3H3,(H-,68,69,70);1H3,(H,3,4)/t42?,48?,49?,50-,51?,54?,55?,57+,58-,59-,60+,62?;/m0./s1. The molecular formula is C62H89N2O15P. The summed E-state index contributed by atoms with van der Waals surface area (Å²) < 4.78 is 43.2. The van der Waals surface area contributed by atoms with Crippen LogP contribution < -0.4 is 14.7 Å². The lowest BCUT2D eigenvalue weighted by Gasteiger charge is -2.59. The third-order valence-electron chi connectivity index (χ3n) is 19.2. The molecule has 9 rings (SSSR count). The number of carbonyl (C=O) groups is 4. The van der Waals surface area contributed by atoms with Crippen molar-refractivity contribution in [2.75, 3.05) is 53.0 Å². The number of carbonyl (C=O) groups excluding carboxylic acids is 3. The first kappa shape index (κ1) is 61.9. The van der Waals surface area contributed by atoms with Crippen LogP contribution in [0.3, 0.4) is 0 Å². The summed E-state index contributed by atoms with van der Waals surface area (Å²) in [6.45, 7) is 8.80. The van der Waals surface area contributed by atoms with Crippen LogP contribution in [0.5, 0.6) is 5.75 Å². The maximum absolute atomic E-state index is 15.1. The second kappa shape index (κ2) is 27.1. The minimum Gasteiger partial charge on any atom is -0.746 e. The Labute approximate surface area is 473 Å². The minimum absolute atomic E-state index is 0.00290. The number of aliphatic hydroxyl groups excluding tert-OH is 2. The lowest BCUT2D eigenvalue weighted by Crippen LogP contribution is -2.63. The van der Waals surface area contributed by atoms with Gasteiger partial charge in [-0.05, 0) is 124 Å². The van der Waals surface area contributed by atoms with Gasteiger partial charge < -0.3 is 58.4 Å². The summed E-state index contributed by atoms with van der Waals surface area (Å²) in [7, 11) is -3.14. The molecule has 2 aliphatic heterocycles. The number of hydrogen-bond acceptors (Lipinski definition) is 14. The number of Topliss-reactive ketones (excluding diaryl/α,β-unsaturated/α-hetero) is 1. The molecule has 0 bridgehead atoms. The number of aliphatic hydroxyl groups is 2. The van der Waals surface area contributed by atoms with Crippen LogP contribution in [0.4, 0.5) is 0 Å². The predicted octanol–water partition coefficient (Wildman–Crippen LogP) is 8.26. The van der Waals surface area contributed by atoms with Crippen LogP contribution in [-0.4, -0.2) is 125 Å². The second-order valence-corrected chi connectivity index (χ2v) is 26.0. The number of allylic oxidation sites excluding steroid dienone is 4. The fourth-order valence-corrected chi connectivity index (χ4v) is 15.6. The number of benzene rings is 2. The molecule has 2 saturated heterocycles. The number of fused-ring (bicyclic) bond motifs is 7. The van der Waals surface area contributed by atoms with E-state index in [9.17, 15) is 34.2 Å². The summed E-state index contributed by atoms with van der Waals surface area (Å²) in [6, 6.07) is 15.3. The van der Waals surface area contributed by atoms with Crippen molar-refractivity contribution < 1.29 is 76.8 Å². The number of likely N-dealkylation sites (tertiary alicyclic amines) is 1. The van der Waals surface area contributed by atoms with Gasteiger partial charge in [-0.2, -0.15) is 0 Å². The average Bonchev–Trinajstić information content (AvgIpc) is 3.93. The number of aliphatic carboxylic acids is 1. The number of phosphoric ester groups is 1. The van der Waals surface area contributed by atoms with E-state index in [2.05, 4.69) is 43.4 Å². The molecule has 4 saturated carbocycles. The number of unbranched alkanes of at least 4 members (excludes halogenated alkanes) is 4. The molecule has 2 heterocycles. The molecule has 442 valence electrons. The highest BCUT2D eigenvalue weighted by atomic mass is 31.2. The molecule has 11 atom stereocenters. The van der Waals surface area contributed by atoms with E-state index in [1.165, 1.54) is 11.6 Å². The Bertz CT molecular complexity index is 2550. The van der Waals surface area contributed by atoms with Gasteiger partial charge in [0.25, 0.3) is 5.97 Å². The number of phosphoric acid groups is 1. The van der Waals surface area contributed by atoms with E-state index in [-0.39, 0.29) is 41.0 Å². The molecule has 0 spiro atoms. The number of hydrogen-bond donors (Lipinski definition) is 5. The first-order valence-electron chi connectivity index (χ1n) is 29.7. The molecular weight excluding hydrogens is 1040 g/mol. The third-order valence-corrected chi connectivity index (χ3v) is 19.7. The van der Waals surface area contributed by atoms with Crippen molar-refractivity contribution in [3.05, 3.63) is 89.0 Å². The number of nitrogens with one attached hydrogen (secondary N) is 1. The van der Waals surface area contributed by atoms with Gasteiger partial charge in [0.2, 0.25) is 5.78 Å². The van der Waals surface area contributed by atoms with Crippen LogP contribution in [0, 0.1) is 40.4 Å². The zero-order chi connectivity index (χ0) is 57.3. The summed E-state index contributed by atoms with van der Waals surface area (Å²) in [4.78, 5) is 72.2. The SMILES string of the molecule is CC(=O)O.C[C@]12C=CC(=O)C=C1CCC1C2[C@@H](O)C[C@@]2(C)C1CC1O[C@@H](C3CCCCC3)O[C@]12C(=O)COC(=O)C1CC[N+](C)(Cc2cc(C(O)CNCCCCCCOCCCCc3ccccc3)ccc2OP(=O)([O-])O)CC1. The maximum atomic E-state index is 15.1. The van der Waals surface area contributed by atoms with Crippen LogP contribution in [0.15, 0.2) is 72.3 Å². The number of rotatable bonds is 24. The molecule has 6 fully saturated rings. The van der Waals surface area contributed by atoms with Crippen LogP contribution in [0.1, 0.15) is 153 Å². The van der Waals surface area contributed by atoms with Gasteiger partial charge in [0, 0.05) is 67.8 Å². The molecule has 17 nitrogen and oxygen atoms in total. The van der Waals surface area contributed by atoms with Crippen LogP contribution in [0.2, 0.25) is 0 Å². The third kappa shape index (κ3) is 14.6. The second-order valence-electron chi connectivity index (χ2n) is 24.9. The summed E-state index contributed by atoms with van der Waals surface area (Å²) in [6.07, 6.45) is 18.5. The highest BCUT2D eigenvalue weighted by molar-refractivity contribution is 7.45. The number of piperidine rings is 1. The van der Waals surface area contributed by atoms with E-state index in [1.807, 2.05) is 19.2 Å². The molecule has 0 amide bonds.